The number of para-hydroxylation sites is 1. The molecular weight excluding hydrogens is 282 g/mol. The molecule has 0 saturated carbocycles. The molecule has 4 heteroatoms. The molecule has 0 bridgehead atoms. The molecule has 0 aromatic heterocycles. The first-order valence-corrected chi connectivity index (χ1v) is 7.78. The standard InChI is InChI=1S/C17H17NO2S/c1-12-11-18(15-8-3-4-9-16(15)21-12)17(19)13-6-5-7-14(10-13)20-2/h3-10,12H,11H2,1-2H3. The Hall–Kier alpha value is -1.94. The molecule has 3 nitrogen and oxygen atoms in total. The molecule has 1 heterocycles. The van der Waals surface area contributed by atoms with Gasteiger partial charge in [0.25, 0.3) is 5.91 Å². The minimum atomic E-state index is 0.0218. The Morgan fingerprint density at radius 3 is 2.86 bits per heavy atom. The predicted molar refractivity (Wildman–Crippen MR) is 86.4 cm³/mol. The highest BCUT2D eigenvalue weighted by molar-refractivity contribution is 8.00. The SMILES string of the molecule is COc1cccc(C(=O)N2CC(C)Sc3ccccc32)c1. The van der Waals surface area contributed by atoms with E-state index >= 15 is 0 Å². The van der Waals surface area contributed by atoms with Gasteiger partial charge in [0.05, 0.1) is 12.8 Å². The summed E-state index contributed by atoms with van der Waals surface area (Å²) in [4.78, 5) is 15.9. The fraction of sp³-hybridized carbons (Fsp3) is 0.235. The molecule has 21 heavy (non-hydrogen) atoms. The van der Waals surface area contributed by atoms with E-state index in [2.05, 4.69) is 13.0 Å². The van der Waals surface area contributed by atoms with Crippen molar-refractivity contribution in [1.29, 1.82) is 0 Å². The minimum absolute atomic E-state index is 0.0218. The smallest absolute Gasteiger partial charge is 0.258 e. The van der Waals surface area contributed by atoms with Crippen molar-refractivity contribution in [3.8, 4) is 5.75 Å². The summed E-state index contributed by atoms with van der Waals surface area (Å²) in [5.74, 6) is 0.724. The number of carbonyl (C=O) groups is 1. The molecule has 1 amide bonds. The average molecular weight is 299 g/mol. The van der Waals surface area contributed by atoms with E-state index in [0.29, 0.717) is 16.6 Å². The van der Waals surface area contributed by atoms with E-state index in [9.17, 15) is 4.79 Å². The van der Waals surface area contributed by atoms with E-state index in [0.717, 1.165) is 17.1 Å². The van der Waals surface area contributed by atoms with Gasteiger partial charge in [-0.25, -0.2) is 0 Å². The lowest BCUT2D eigenvalue weighted by Crippen LogP contribution is -2.38. The van der Waals surface area contributed by atoms with E-state index in [1.807, 2.05) is 53.1 Å². The summed E-state index contributed by atoms with van der Waals surface area (Å²) >= 11 is 1.82. The second-order valence-corrected chi connectivity index (χ2v) is 6.52. The highest BCUT2D eigenvalue weighted by Gasteiger charge is 2.27. The van der Waals surface area contributed by atoms with Gasteiger partial charge in [-0.15, -0.1) is 11.8 Å². The first-order valence-electron chi connectivity index (χ1n) is 6.90. The minimum Gasteiger partial charge on any atom is -0.497 e. The first kappa shape index (κ1) is 14.0. The number of nitrogens with zero attached hydrogens (tertiary/aromatic N) is 1. The van der Waals surface area contributed by atoms with Crippen LogP contribution < -0.4 is 9.64 Å². The Kier molecular flexibility index (Phi) is 3.88. The molecule has 0 aliphatic carbocycles. The van der Waals surface area contributed by atoms with Crippen LogP contribution in [0.15, 0.2) is 53.4 Å². The number of anilines is 1. The number of ether oxygens (including phenoxy) is 1. The van der Waals surface area contributed by atoms with Crippen molar-refractivity contribution >= 4 is 23.4 Å². The third kappa shape index (κ3) is 2.76. The molecule has 3 rings (SSSR count). The van der Waals surface area contributed by atoms with Gasteiger partial charge in [0.2, 0.25) is 0 Å². The summed E-state index contributed by atoms with van der Waals surface area (Å²) in [5.41, 5.74) is 1.65. The maximum atomic E-state index is 12.8. The van der Waals surface area contributed by atoms with Crippen LogP contribution in [0.3, 0.4) is 0 Å². The average Bonchev–Trinajstić information content (AvgIpc) is 2.53. The van der Waals surface area contributed by atoms with Crippen LogP contribution >= 0.6 is 11.8 Å². The van der Waals surface area contributed by atoms with Gasteiger partial charge in [0, 0.05) is 22.3 Å². The Balaban J connectivity index is 1.97. The fourth-order valence-electron chi connectivity index (χ4n) is 2.49. The number of rotatable bonds is 2. The number of carbonyl (C=O) groups excluding carboxylic acids is 1. The van der Waals surface area contributed by atoms with Gasteiger partial charge in [-0.1, -0.05) is 25.1 Å². The zero-order valence-electron chi connectivity index (χ0n) is 12.1. The lowest BCUT2D eigenvalue weighted by molar-refractivity contribution is 0.0986. The zero-order valence-corrected chi connectivity index (χ0v) is 12.9. The summed E-state index contributed by atoms with van der Waals surface area (Å²) < 4.78 is 5.21. The Bertz CT molecular complexity index is 671. The molecule has 0 radical (unpaired) electrons. The van der Waals surface area contributed by atoms with Crippen LogP contribution in [0.25, 0.3) is 0 Å². The van der Waals surface area contributed by atoms with Crippen molar-refractivity contribution in [2.24, 2.45) is 0 Å². The number of benzene rings is 2. The van der Waals surface area contributed by atoms with Gasteiger partial charge < -0.3 is 9.64 Å². The fourth-order valence-corrected chi connectivity index (χ4v) is 3.61. The van der Waals surface area contributed by atoms with Crippen LogP contribution in [-0.4, -0.2) is 24.8 Å². The topological polar surface area (TPSA) is 29.5 Å². The van der Waals surface area contributed by atoms with E-state index in [1.165, 1.54) is 0 Å². The predicted octanol–water partition coefficient (Wildman–Crippen LogP) is 3.84. The van der Waals surface area contributed by atoms with Gasteiger partial charge in [0.1, 0.15) is 5.75 Å². The maximum absolute atomic E-state index is 12.8. The summed E-state index contributed by atoms with van der Waals surface area (Å²) in [6.45, 7) is 2.87. The summed E-state index contributed by atoms with van der Waals surface area (Å²) in [5, 5.41) is 0.384. The van der Waals surface area contributed by atoms with Crippen LogP contribution in [-0.2, 0) is 0 Å². The molecule has 1 aliphatic rings. The zero-order chi connectivity index (χ0) is 14.8. The van der Waals surface area contributed by atoms with Gasteiger partial charge in [-0.2, -0.15) is 0 Å². The number of hydrogen-bond acceptors (Lipinski definition) is 3. The normalized spacial score (nSPS) is 17.2. The molecule has 0 fully saturated rings. The van der Waals surface area contributed by atoms with Crippen LogP contribution in [0.4, 0.5) is 5.69 Å². The van der Waals surface area contributed by atoms with Crippen molar-refractivity contribution in [3.05, 3.63) is 54.1 Å². The van der Waals surface area contributed by atoms with Gasteiger partial charge >= 0.3 is 0 Å². The number of hydrogen-bond donors (Lipinski definition) is 0. The Morgan fingerprint density at radius 2 is 2.05 bits per heavy atom. The molecule has 1 aliphatic heterocycles. The molecular formula is C17H17NO2S. The van der Waals surface area contributed by atoms with Crippen LogP contribution in [0.5, 0.6) is 5.75 Å². The van der Waals surface area contributed by atoms with Gasteiger partial charge in [-0.05, 0) is 30.3 Å². The molecule has 2 aromatic carbocycles. The summed E-state index contributed by atoms with van der Waals surface area (Å²) in [6.07, 6.45) is 0. The van der Waals surface area contributed by atoms with Crippen molar-refractivity contribution in [2.45, 2.75) is 17.1 Å². The van der Waals surface area contributed by atoms with Crippen LogP contribution in [0.2, 0.25) is 0 Å². The number of methoxy groups -OCH3 is 1. The molecule has 1 atom stereocenters. The number of thioether (sulfide) groups is 1. The molecule has 2 aromatic rings. The number of fused-ring (bicyclic) bond motifs is 1. The monoisotopic (exact) mass is 299 g/mol. The van der Waals surface area contributed by atoms with E-state index in [-0.39, 0.29) is 5.91 Å². The third-order valence-corrected chi connectivity index (χ3v) is 4.64. The van der Waals surface area contributed by atoms with E-state index in [4.69, 9.17) is 4.74 Å². The third-order valence-electron chi connectivity index (χ3n) is 3.49. The summed E-state index contributed by atoms with van der Waals surface area (Å²) in [6, 6.07) is 15.4. The van der Waals surface area contributed by atoms with Crippen molar-refractivity contribution in [2.75, 3.05) is 18.6 Å². The van der Waals surface area contributed by atoms with Crippen molar-refractivity contribution in [3.63, 3.8) is 0 Å². The van der Waals surface area contributed by atoms with Crippen molar-refractivity contribution in [1.82, 2.24) is 0 Å². The summed E-state index contributed by atoms with van der Waals surface area (Å²) in [7, 11) is 1.61. The first-order chi connectivity index (χ1) is 10.2. The maximum Gasteiger partial charge on any atom is 0.258 e. The Labute approximate surface area is 128 Å². The van der Waals surface area contributed by atoms with Gasteiger partial charge in [0.15, 0.2) is 0 Å². The molecule has 0 spiro atoms. The Morgan fingerprint density at radius 1 is 1.24 bits per heavy atom. The molecule has 0 N–H and O–H groups in total. The largest absolute Gasteiger partial charge is 0.497 e. The highest BCUT2D eigenvalue weighted by atomic mass is 32.2. The highest BCUT2D eigenvalue weighted by Crippen LogP contribution is 2.38. The second-order valence-electron chi connectivity index (χ2n) is 5.04. The van der Waals surface area contributed by atoms with Crippen LogP contribution in [0, 0.1) is 0 Å². The second kappa shape index (κ2) is 5.82. The number of amides is 1. The van der Waals surface area contributed by atoms with Crippen molar-refractivity contribution < 1.29 is 9.53 Å². The van der Waals surface area contributed by atoms with E-state index in [1.54, 1.807) is 13.2 Å². The molecule has 0 saturated heterocycles. The lowest BCUT2D eigenvalue weighted by Gasteiger charge is -2.32. The molecule has 108 valence electrons. The van der Waals surface area contributed by atoms with Crippen LogP contribution in [0.1, 0.15) is 17.3 Å². The quantitative estimate of drug-likeness (QED) is 0.844. The van der Waals surface area contributed by atoms with Gasteiger partial charge in [-0.3, -0.25) is 4.79 Å². The van der Waals surface area contributed by atoms with E-state index < -0.39 is 0 Å². The lowest BCUT2D eigenvalue weighted by atomic mass is 10.1. The molecule has 1 unspecified atom stereocenters.